The molecule has 0 aliphatic carbocycles. The maximum atomic E-state index is 10.2. The summed E-state index contributed by atoms with van der Waals surface area (Å²) in [5, 5.41) is 20.6. The van der Waals surface area contributed by atoms with E-state index in [1.165, 1.54) is 0 Å². The highest BCUT2D eigenvalue weighted by atomic mass is 16.5. The van der Waals surface area contributed by atoms with Crippen LogP contribution >= 0.6 is 0 Å². The summed E-state index contributed by atoms with van der Waals surface area (Å²) in [6, 6.07) is 0. The van der Waals surface area contributed by atoms with Gasteiger partial charge in [-0.2, -0.15) is 4.98 Å². The summed E-state index contributed by atoms with van der Waals surface area (Å²) < 4.78 is 4.83. The monoisotopic (exact) mass is 200 g/mol. The highest BCUT2D eigenvalue weighted by molar-refractivity contribution is 5.66. The molecule has 0 radical (unpaired) electrons. The summed E-state index contributed by atoms with van der Waals surface area (Å²) in [6.45, 7) is 0.0762. The molecule has 0 atom stereocenters. The Morgan fingerprint density at radius 1 is 1.43 bits per heavy atom. The van der Waals surface area contributed by atoms with Crippen LogP contribution in [0.15, 0.2) is 4.52 Å². The maximum absolute atomic E-state index is 10.2. The normalized spacial score (nSPS) is 10.4. The number of aliphatic carboxylic acids is 1. The van der Waals surface area contributed by atoms with Gasteiger partial charge in [0, 0.05) is 19.4 Å². The van der Waals surface area contributed by atoms with Crippen molar-refractivity contribution in [3.63, 3.8) is 0 Å². The van der Waals surface area contributed by atoms with Crippen molar-refractivity contribution in [3.05, 3.63) is 11.7 Å². The van der Waals surface area contributed by atoms with Crippen LogP contribution in [0, 0.1) is 0 Å². The number of aliphatic hydroxyl groups excluding tert-OH is 1. The number of carbonyl (C=O) groups is 1. The number of nitrogens with zero attached hydrogens (tertiary/aromatic N) is 2. The minimum atomic E-state index is -0.883. The summed E-state index contributed by atoms with van der Waals surface area (Å²) in [6.07, 6.45) is 1.37. The molecule has 78 valence electrons. The standard InChI is InChI=1S/C8H12N2O4/c11-5-1-2-7-9-6(10-14-7)3-4-8(12)13/h11H,1-5H2,(H,12,13). The molecular formula is C8H12N2O4. The van der Waals surface area contributed by atoms with Gasteiger partial charge in [-0.3, -0.25) is 4.79 Å². The first-order valence-electron chi connectivity index (χ1n) is 4.36. The molecule has 6 nitrogen and oxygen atoms in total. The van der Waals surface area contributed by atoms with Crippen molar-refractivity contribution >= 4 is 5.97 Å². The third-order valence-electron chi connectivity index (χ3n) is 1.62. The van der Waals surface area contributed by atoms with Gasteiger partial charge in [0.05, 0.1) is 6.42 Å². The third-order valence-corrected chi connectivity index (χ3v) is 1.62. The van der Waals surface area contributed by atoms with Gasteiger partial charge >= 0.3 is 5.97 Å². The van der Waals surface area contributed by atoms with Crippen molar-refractivity contribution in [2.24, 2.45) is 0 Å². The molecule has 0 bridgehead atoms. The van der Waals surface area contributed by atoms with E-state index < -0.39 is 5.97 Å². The second-order valence-corrected chi connectivity index (χ2v) is 2.83. The van der Waals surface area contributed by atoms with Gasteiger partial charge < -0.3 is 14.7 Å². The molecule has 0 spiro atoms. The number of carboxylic acid groups (broad SMARTS) is 1. The highest BCUT2D eigenvalue weighted by Gasteiger charge is 2.07. The highest BCUT2D eigenvalue weighted by Crippen LogP contribution is 2.02. The van der Waals surface area contributed by atoms with Gasteiger partial charge in [0.25, 0.3) is 0 Å². The number of aromatic nitrogens is 2. The zero-order chi connectivity index (χ0) is 10.4. The Bertz CT molecular complexity index is 297. The van der Waals surface area contributed by atoms with Crippen LogP contribution in [-0.2, 0) is 17.6 Å². The molecule has 2 N–H and O–H groups in total. The smallest absolute Gasteiger partial charge is 0.303 e. The minimum absolute atomic E-state index is 0.00102. The molecule has 0 amide bonds. The van der Waals surface area contributed by atoms with E-state index in [2.05, 4.69) is 10.1 Å². The molecule has 1 aromatic heterocycles. The van der Waals surface area contributed by atoms with Crippen molar-refractivity contribution in [1.29, 1.82) is 0 Å². The largest absolute Gasteiger partial charge is 0.481 e. The number of aryl methyl sites for hydroxylation is 2. The molecule has 14 heavy (non-hydrogen) atoms. The van der Waals surface area contributed by atoms with Crippen molar-refractivity contribution in [1.82, 2.24) is 10.1 Å². The van der Waals surface area contributed by atoms with E-state index >= 15 is 0 Å². The lowest BCUT2D eigenvalue weighted by Crippen LogP contribution is -1.99. The van der Waals surface area contributed by atoms with Crippen molar-refractivity contribution in [2.75, 3.05) is 6.61 Å². The molecular weight excluding hydrogens is 188 g/mol. The number of hydrogen-bond acceptors (Lipinski definition) is 5. The van der Waals surface area contributed by atoms with Crippen LogP contribution in [0.4, 0.5) is 0 Å². The topological polar surface area (TPSA) is 96.5 Å². The lowest BCUT2D eigenvalue weighted by Gasteiger charge is -1.88. The molecule has 0 unspecified atom stereocenters. The van der Waals surface area contributed by atoms with E-state index in [-0.39, 0.29) is 19.4 Å². The zero-order valence-electron chi connectivity index (χ0n) is 7.64. The predicted octanol–water partition coefficient (Wildman–Crippen LogP) is 0.0117. The first-order chi connectivity index (χ1) is 6.72. The number of rotatable bonds is 6. The van der Waals surface area contributed by atoms with Crippen LogP contribution in [0.1, 0.15) is 24.6 Å². The average Bonchev–Trinajstić information content (AvgIpc) is 2.59. The van der Waals surface area contributed by atoms with Crippen molar-refractivity contribution in [2.45, 2.75) is 25.7 Å². The van der Waals surface area contributed by atoms with Crippen LogP contribution in [0.25, 0.3) is 0 Å². The SMILES string of the molecule is O=C(O)CCc1noc(CCCO)n1. The van der Waals surface area contributed by atoms with E-state index in [1.54, 1.807) is 0 Å². The summed E-state index contributed by atoms with van der Waals surface area (Å²) >= 11 is 0. The van der Waals surface area contributed by atoms with Gasteiger partial charge in [0.1, 0.15) is 0 Å². The van der Waals surface area contributed by atoms with Crippen LogP contribution in [0.2, 0.25) is 0 Å². The second-order valence-electron chi connectivity index (χ2n) is 2.83. The number of hydrogen-bond donors (Lipinski definition) is 2. The first kappa shape index (κ1) is 10.6. The number of carboxylic acids is 1. The minimum Gasteiger partial charge on any atom is -0.481 e. The lowest BCUT2D eigenvalue weighted by atomic mass is 10.3. The average molecular weight is 200 g/mol. The molecule has 6 heteroatoms. The quantitative estimate of drug-likeness (QED) is 0.671. The maximum Gasteiger partial charge on any atom is 0.303 e. The van der Waals surface area contributed by atoms with Gasteiger partial charge in [-0.25, -0.2) is 0 Å². The Balaban J connectivity index is 2.38. The summed E-state index contributed by atoms with van der Waals surface area (Å²) in [7, 11) is 0. The third kappa shape index (κ3) is 3.53. The van der Waals surface area contributed by atoms with Gasteiger partial charge in [0.15, 0.2) is 5.82 Å². The van der Waals surface area contributed by atoms with Crippen molar-refractivity contribution < 1.29 is 19.5 Å². The Labute approximate surface area is 80.6 Å². The molecule has 0 aliphatic heterocycles. The fraction of sp³-hybridized carbons (Fsp3) is 0.625. The first-order valence-corrected chi connectivity index (χ1v) is 4.36. The summed E-state index contributed by atoms with van der Waals surface area (Å²) in [4.78, 5) is 14.2. The van der Waals surface area contributed by atoms with E-state index in [4.69, 9.17) is 14.7 Å². The molecule has 0 aliphatic rings. The molecule has 0 aromatic carbocycles. The van der Waals surface area contributed by atoms with Crippen molar-refractivity contribution in [3.8, 4) is 0 Å². The molecule has 0 saturated carbocycles. The van der Waals surface area contributed by atoms with Gasteiger partial charge in [-0.15, -0.1) is 0 Å². The Hall–Kier alpha value is -1.43. The van der Waals surface area contributed by atoms with E-state index in [0.717, 1.165) is 0 Å². The molecule has 1 rings (SSSR count). The van der Waals surface area contributed by atoms with E-state index in [0.29, 0.717) is 24.6 Å². The second kappa shape index (κ2) is 5.33. The molecule has 1 heterocycles. The van der Waals surface area contributed by atoms with Crippen LogP contribution < -0.4 is 0 Å². The molecule has 0 fully saturated rings. The lowest BCUT2D eigenvalue weighted by molar-refractivity contribution is -0.137. The Morgan fingerprint density at radius 3 is 2.86 bits per heavy atom. The fourth-order valence-electron chi connectivity index (χ4n) is 0.942. The van der Waals surface area contributed by atoms with E-state index in [1.807, 2.05) is 0 Å². The van der Waals surface area contributed by atoms with Gasteiger partial charge in [-0.1, -0.05) is 5.16 Å². The zero-order valence-corrected chi connectivity index (χ0v) is 7.64. The van der Waals surface area contributed by atoms with Gasteiger partial charge in [0.2, 0.25) is 5.89 Å². The molecule has 1 aromatic rings. The molecule has 0 saturated heterocycles. The van der Waals surface area contributed by atoms with E-state index in [9.17, 15) is 4.79 Å². The Kier molecular flexibility index (Phi) is 4.06. The summed E-state index contributed by atoms with van der Waals surface area (Å²) in [5.74, 6) is -0.0357. The number of aliphatic hydroxyl groups is 1. The van der Waals surface area contributed by atoms with Crippen LogP contribution in [-0.4, -0.2) is 32.9 Å². The Morgan fingerprint density at radius 2 is 2.21 bits per heavy atom. The van der Waals surface area contributed by atoms with Crippen LogP contribution in [0.5, 0.6) is 0 Å². The summed E-state index contributed by atoms with van der Waals surface area (Å²) in [5.41, 5.74) is 0. The van der Waals surface area contributed by atoms with Crippen LogP contribution in [0.3, 0.4) is 0 Å². The predicted molar refractivity (Wildman–Crippen MR) is 45.7 cm³/mol. The fourth-order valence-corrected chi connectivity index (χ4v) is 0.942. The van der Waals surface area contributed by atoms with Gasteiger partial charge in [-0.05, 0) is 6.42 Å².